The Morgan fingerprint density at radius 1 is 1.00 bits per heavy atom. The molecule has 0 heterocycles. The average Bonchev–Trinajstić information content (AvgIpc) is 2.73. The lowest BCUT2D eigenvalue weighted by atomic mass is 9.99. The number of nitrogens with zero attached hydrogens (tertiary/aromatic N) is 1. The SMILES string of the molecule is Cc1ccc(C(C(=O)NCc2ccccc2)N(C)C(=O)C(C)NC(=O)OC(C)(C)C)cc1C. The fourth-order valence-corrected chi connectivity index (χ4v) is 3.35. The Kier molecular flexibility index (Phi) is 8.63. The normalized spacial score (nSPS) is 12.9. The van der Waals surface area contributed by atoms with Crippen molar-refractivity contribution >= 4 is 17.9 Å². The van der Waals surface area contributed by atoms with Gasteiger partial charge in [-0.1, -0.05) is 48.5 Å². The molecule has 2 N–H and O–H groups in total. The molecule has 0 saturated heterocycles. The van der Waals surface area contributed by atoms with E-state index in [1.54, 1.807) is 34.7 Å². The quantitative estimate of drug-likeness (QED) is 0.663. The maximum absolute atomic E-state index is 13.3. The lowest BCUT2D eigenvalue weighted by Crippen LogP contribution is -2.50. The van der Waals surface area contributed by atoms with Crippen molar-refractivity contribution in [3.63, 3.8) is 0 Å². The first-order valence-electron chi connectivity index (χ1n) is 11.0. The van der Waals surface area contributed by atoms with Crippen LogP contribution < -0.4 is 10.6 Å². The number of nitrogens with one attached hydrogen (secondary N) is 2. The van der Waals surface area contributed by atoms with Crippen molar-refractivity contribution < 1.29 is 19.1 Å². The molecule has 3 amide bonds. The first-order valence-corrected chi connectivity index (χ1v) is 11.0. The molecule has 2 unspecified atom stereocenters. The highest BCUT2D eigenvalue weighted by Crippen LogP contribution is 2.23. The standard InChI is InChI=1S/C26H35N3O4/c1-17-13-14-21(15-18(17)2)22(23(30)27-16-20-11-9-8-10-12-20)29(7)24(31)19(3)28-25(32)33-26(4,5)6/h8-15,19,22H,16H2,1-7H3,(H,27,30)(H,28,32). The Labute approximate surface area is 196 Å². The second-order valence-corrected chi connectivity index (χ2v) is 9.27. The lowest BCUT2D eigenvalue weighted by molar-refractivity contribution is -0.140. The molecule has 2 atom stereocenters. The van der Waals surface area contributed by atoms with Gasteiger partial charge in [-0.2, -0.15) is 0 Å². The lowest BCUT2D eigenvalue weighted by Gasteiger charge is -2.31. The summed E-state index contributed by atoms with van der Waals surface area (Å²) in [4.78, 5) is 39.9. The Bertz CT molecular complexity index is 983. The molecule has 0 radical (unpaired) electrons. The first kappa shape index (κ1) is 25.9. The fraction of sp³-hybridized carbons (Fsp3) is 0.423. The minimum Gasteiger partial charge on any atom is -0.444 e. The van der Waals surface area contributed by atoms with Crippen LogP contribution in [-0.4, -0.2) is 41.5 Å². The van der Waals surface area contributed by atoms with Gasteiger partial charge in [-0.05, 0) is 63.8 Å². The third-order valence-electron chi connectivity index (χ3n) is 5.24. The monoisotopic (exact) mass is 453 g/mol. The number of benzene rings is 2. The van der Waals surface area contributed by atoms with Gasteiger partial charge in [0.1, 0.15) is 17.7 Å². The van der Waals surface area contributed by atoms with Crippen LogP contribution in [-0.2, 0) is 20.9 Å². The molecule has 0 aliphatic rings. The third kappa shape index (κ3) is 7.63. The summed E-state index contributed by atoms with van der Waals surface area (Å²) in [6.45, 7) is 11.1. The molecule has 0 saturated carbocycles. The highest BCUT2D eigenvalue weighted by molar-refractivity contribution is 5.91. The molecular weight excluding hydrogens is 418 g/mol. The predicted octanol–water partition coefficient (Wildman–Crippen LogP) is 4.03. The molecular formula is C26H35N3O4. The number of ether oxygens (including phenoxy) is 1. The molecule has 7 nitrogen and oxygen atoms in total. The van der Waals surface area contributed by atoms with Gasteiger partial charge in [-0.15, -0.1) is 0 Å². The average molecular weight is 454 g/mol. The molecule has 0 spiro atoms. The number of carbonyl (C=O) groups excluding carboxylic acids is 3. The van der Waals surface area contributed by atoms with Crippen molar-refractivity contribution in [1.82, 2.24) is 15.5 Å². The topological polar surface area (TPSA) is 87.7 Å². The predicted molar refractivity (Wildman–Crippen MR) is 129 cm³/mol. The van der Waals surface area contributed by atoms with Gasteiger partial charge < -0.3 is 20.3 Å². The van der Waals surface area contributed by atoms with E-state index in [0.717, 1.165) is 16.7 Å². The van der Waals surface area contributed by atoms with Crippen molar-refractivity contribution in [2.75, 3.05) is 7.05 Å². The number of hydrogen-bond acceptors (Lipinski definition) is 4. The van der Waals surface area contributed by atoms with Crippen LogP contribution in [0.25, 0.3) is 0 Å². The maximum Gasteiger partial charge on any atom is 0.408 e. The van der Waals surface area contributed by atoms with Gasteiger partial charge in [0, 0.05) is 13.6 Å². The van der Waals surface area contributed by atoms with Gasteiger partial charge in [0.05, 0.1) is 0 Å². The molecule has 0 fully saturated rings. The van der Waals surface area contributed by atoms with E-state index in [1.807, 2.05) is 62.4 Å². The highest BCUT2D eigenvalue weighted by Gasteiger charge is 2.32. The van der Waals surface area contributed by atoms with Crippen LogP contribution >= 0.6 is 0 Å². The summed E-state index contributed by atoms with van der Waals surface area (Å²) in [6, 6.07) is 13.5. The Morgan fingerprint density at radius 2 is 1.64 bits per heavy atom. The summed E-state index contributed by atoms with van der Waals surface area (Å²) in [7, 11) is 1.57. The molecule has 2 rings (SSSR count). The number of hydrogen-bond donors (Lipinski definition) is 2. The van der Waals surface area contributed by atoms with E-state index in [-0.39, 0.29) is 5.91 Å². The van der Waals surface area contributed by atoms with Gasteiger partial charge in [-0.25, -0.2) is 4.79 Å². The second kappa shape index (κ2) is 11.0. The van der Waals surface area contributed by atoms with Crippen LogP contribution in [0, 0.1) is 13.8 Å². The minimum absolute atomic E-state index is 0.303. The molecule has 178 valence electrons. The van der Waals surface area contributed by atoms with Gasteiger partial charge in [0.2, 0.25) is 11.8 Å². The van der Waals surface area contributed by atoms with Crippen LogP contribution in [0.1, 0.15) is 56.0 Å². The summed E-state index contributed by atoms with van der Waals surface area (Å²) >= 11 is 0. The van der Waals surface area contributed by atoms with Crippen molar-refractivity contribution in [3.05, 3.63) is 70.8 Å². The van der Waals surface area contributed by atoms with Gasteiger partial charge in [-0.3, -0.25) is 9.59 Å². The number of carbonyl (C=O) groups is 3. The van der Waals surface area contributed by atoms with Crippen molar-refractivity contribution in [2.45, 2.75) is 65.8 Å². The minimum atomic E-state index is -0.874. The molecule has 0 aromatic heterocycles. The molecule has 7 heteroatoms. The van der Waals surface area contributed by atoms with Crippen molar-refractivity contribution in [1.29, 1.82) is 0 Å². The van der Waals surface area contributed by atoms with E-state index in [4.69, 9.17) is 4.74 Å². The summed E-state index contributed by atoms with van der Waals surface area (Å²) in [5, 5.41) is 5.49. The first-order chi connectivity index (χ1) is 15.4. The fourth-order valence-electron chi connectivity index (χ4n) is 3.35. The number of amides is 3. The van der Waals surface area contributed by atoms with Crippen LogP contribution in [0.5, 0.6) is 0 Å². The van der Waals surface area contributed by atoms with Crippen molar-refractivity contribution in [2.24, 2.45) is 0 Å². The van der Waals surface area contributed by atoms with E-state index in [0.29, 0.717) is 12.1 Å². The van der Waals surface area contributed by atoms with E-state index in [9.17, 15) is 14.4 Å². The molecule has 0 bridgehead atoms. The molecule has 2 aromatic carbocycles. The number of alkyl carbamates (subject to hydrolysis) is 1. The highest BCUT2D eigenvalue weighted by atomic mass is 16.6. The number of aryl methyl sites for hydroxylation is 2. The zero-order valence-corrected chi connectivity index (χ0v) is 20.6. The molecule has 0 aliphatic heterocycles. The summed E-state index contributed by atoms with van der Waals surface area (Å²) in [5.74, 6) is -0.707. The van der Waals surface area contributed by atoms with Crippen LogP contribution in [0.2, 0.25) is 0 Å². The summed E-state index contributed by atoms with van der Waals surface area (Å²) in [6.07, 6.45) is -0.687. The Hall–Kier alpha value is -3.35. The maximum atomic E-state index is 13.3. The Balaban J connectivity index is 2.23. The zero-order chi connectivity index (χ0) is 24.8. The van der Waals surface area contributed by atoms with Gasteiger partial charge >= 0.3 is 6.09 Å². The van der Waals surface area contributed by atoms with E-state index in [1.165, 1.54) is 4.90 Å². The van der Waals surface area contributed by atoms with E-state index in [2.05, 4.69) is 10.6 Å². The van der Waals surface area contributed by atoms with E-state index >= 15 is 0 Å². The number of likely N-dealkylation sites (N-methyl/N-ethyl adjacent to an activating group) is 1. The van der Waals surface area contributed by atoms with Crippen LogP contribution in [0.15, 0.2) is 48.5 Å². The smallest absolute Gasteiger partial charge is 0.408 e. The van der Waals surface area contributed by atoms with E-state index < -0.39 is 29.7 Å². The molecule has 2 aromatic rings. The van der Waals surface area contributed by atoms with Gasteiger partial charge in [0.25, 0.3) is 0 Å². The zero-order valence-electron chi connectivity index (χ0n) is 20.6. The van der Waals surface area contributed by atoms with Gasteiger partial charge in [0.15, 0.2) is 0 Å². The number of rotatable bonds is 7. The summed E-state index contributed by atoms with van der Waals surface area (Å²) < 4.78 is 5.25. The largest absolute Gasteiger partial charge is 0.444 e. The van der Waals surface area contributed by atoms with Crippen LogP contribution in [0.4, 0.5) is 4.79 Å². The summed E-state index contributed by atoms with van der Waals surface area (Å²) in [5.41, 5.74) is 3.09. The Morgan fingerprint density at radius 3 is 2.21 bits per heavy atom. The third-order valence-corrected chi connectivity index (χ3v) is 5.24. The van der Waals surface area contributed by atoms with Crippen molar-refractivity contribution in [3.8, 4) is 0 Å². The van der Waals surface area contributed by atoms with Crippen LogP contribution in [0.3, 0.4) is 0 Å². The molecule has 33 heavy (non-hydrogen) atoms. The second-order valence-electron chi connectivity index (χ2n) is 9.27. The molecule has 0 aliphatic carbocycles.